The van der Waals surface area contributed by atoms with Gasteiger partial charge in [0.1, 0.15) is 5.82 Å². The topological polar surface area (TPSA) is 114 Å². The van der Waals surface area contributed by atoms with Crippen molar-refractivity contribution in [2.75, 3.05) is 4.90 Å². The number of aromatic nitrogens is 4. The number of Topliss-reactive ketones (excluding diaryl/α,β-unsaturated/α-hetero) is 1. The Labute approximate surface area is 222 Å². The Morgan fingerprint density at radius 3 is 2.83 bits per heavy atom. The van der Waals surface area contributed by atoms with Crippen molar-refractivity contribution >= 4 is 46.2 Å². The highest BCUT2D eigenvalue weighted by molar-refractivity contribution is 7.98. The van der Waals surface area contributed by atoms with E-state index in [2.05, 4.69) is 46.9 Å². The number of ketones is 1. The number of anilines is 1. The maximum absolute atomic E-state index is 13.7. The van der Waals surface area contributed by atoms with Gasteiger partial charge in [-0.15, -0.1) is 16.4 Å². The number of allylic oxidation sites excluding steroid dienone is 3. The molecule has 0 saturated carbocycles. The molecule has 0 unspecified atom stereocenters. The number of benzene rings is 1. The van der Waals surface area contributed by atoms with Crippen LogP contribution < -0.4 is 10.6 Å². The highest BCUT2D eigenvalue weighted by atomic mass is 35.5. The van der Waals surface area contributed by atoms with Crippen molar-refractivity contribution in [2.24, 2.45) is 18.2 Å². The van der Waals surface area contributed by atoms with E-state index >= 15 is 0 Å². The molecular weight excluding hydrogens is 514 g/mol. The Hall–Kier alpha value is -3.13. The fourth-order valence-corrected chi connectivity index (χ4v) is 6.92. The van der Waals surface area contributed by atoms with Gasteiger partial charge in [0.2, 0.25) is 5.16 Å². The standard InChI is InChI=1S/C25H24ClN7OS2/c1-25(2)9-18-22(19(34)10-25)21(17(11-27)23(28)33(18)16-6-4-5-15(26)8-16)20-7-14(12-35-20)13-36-24-29-30-31-32(24)3/h4-8,12,21H,9-10,13,28H2,1-3H3/t21-/m1/s1. The van der Waals surface area contributed by atoms with Crippen LogP contribution in [0.25, 0.3) is 0 Å². The fraction of sp³-hybridized carbons (Fsp3) is 0.320. The van der Waals surface area contributed by atoms with Crippen LogP contribution in [0.1, 0.15) is 43.0 Å². The van der Waals surface area contributed by atoms with Crippen molar-refractivity contribution in [1.29, 1.82) is 5.26 Å². The summed E-state index contributed by atoms with van der Waals surface area (Å²) in [5.41, 5.74) is 10.1. The second-order valence-corrected chi connectivity index (χ2v) is 12.0. The molecule has 2 N–H and O–H groups in total. The van der Waals surface area contributed by atoms with Crippen molar-refractivity contribution in [3.05, 3.63) is 73.8 Å². The SMILES string of the molecule is Cn1nnnc1SCc1csc([C@H]2C(C#N)=C(N)N(c3cccc(Cl)c3)C3=C2C(=O)CC(C)(C)C3)c1. The van der Waals surface area contributed by atoms with Crippen LogP contribution in [0.3, 0.4) is 0 Å². The molecule has 5 rings (SSSR count). The summed E-state index contributed by atoms with van der Waals surface area (Å²) < 4.78 is 1.63. The van der Waals surface area contributed by atoms with E-state index in [9.17, 15) is 10.1 Å². The number of carbonyl (C=O) groups is 1. The van der Waals surface area contributed by atoms with Crippen LogP contribution in [-0.2, 0) is 17.6 Å². The number of tetrazole rings is 1. The molecule has 0 amide bonds. The average Bonchev–Trinajstić information content (AvgIpc) is 3.44. The molecule has 184 valence electrons. The Kier molecular flexibility index (Phi) is 6.41. The highest BCUT2D eigenvalue weighted by Crippen LogP contribution is 2.51. The minimum atomic E-state index is -0.496. The van der Waals surface area contributed by atoms with Crippen molar-refractivity contribution in [2.45, 2.75) is 43.5 Å². The van der Waals surface area contributed by atoms with Gasteiger partial charge in [-0.3, -0.25) is 9.69 Å². The molecule has 11 heteroatoms. The number of halogens is 1. The Balaban J connectivity index is 1.59. The maximum atomic E-state index is 13.7. The first-order valence-electron chi connectivity index (χ1n) is 11.3. The molecule has 0 saturated heterocycles. The van der Waals surface area contributed by atoms with Crippen molar-refractivity contribution in [3.63, 3.8) is 0 Å². The minimum absolute atomic E-state index is 0.0491. The van der Waals surface area contributed by atoms with Crippen LogP contribution in [0.2, 0.25) is 5.02 Å². The van der Waals surface area contributed by atoms with Crippen LogP contribution >= 0.6 is 34.7 Å². The van der Waals surface area contributed by atoms with Crippen molar-refractivity contribution < 1.29 is 4.79 Å². The zero-order valence-electron chi connectivity index (χ0n) is 20.0. The van der Waals surface area contributed by atoms with Gasteiger partial charge in [-0.25, -0.2) is 4.68 Å². The number of nitrogens with two attached hydrogens (primary N) is 1. The lowest BCUT2D eigenvalue weighted by Gasteiger charge is -2.43. The van der Waals surface area contributed by atoms with Gasteiger partial charge in [0.05, 0.1) is 17.6 Å². The number of hydrogen-bond acceptors (Lipinski definition) is 9. The Morgan fingerprint density at radius 1 is 1.33 bits per heavy atom. The van der Waals surface area contributed by atoms with Gasteiger partial charge in [0.25, 0.3) is 0 Å². The third-order valence-corrected chi connectivity index (χ3v) is 8.72. The Morgan fingerprint density at radius 2 is 2.14 bits per heavy atom. The van der Waals surface area contributed by atoms with Gasteiger partial charge in [0.15, 0.2) is 5.78 Å². The zero-order chi connectivity index (χ0) is 25.6. The van der Waals surface area contributed by atoms with E-state index in [-0.39, 0.29) is 11.2 Å². The molecule has 3 heterocycles. The largest absolute Gasteiger partial charge is 0.384 e. The maximum Gasteiger partial charge on any atom is 0.209 e. The van der Waals surface area contributed by atoms with Gasteiger partial charge in [-0.05, 0) is 57.5 Å². The summed E-state index contributed by atoms with van der Waals surface area (Å²) in [7, 11) is 1.80. The van der Waals surface area contributed by atoms with Crippen LogP contribution in [0.5, 0.6) is 0 Å². The molecule has 1 aromatic carbocycles. The van der Waals surface area contributed by atoms with Crippen molar-refractivity contribution in [3.8, 4) is 6.07 Å². The lowest BCUT2D eigenvalue weighted by Crippen LogP contribution is -2.42. The van der Waals surface area contributed by atoms with Gasteiger partial charge < -0.3 is 5.73 Å². The number of rotatable bonds is 5. The fourth-order valence-electron chi connectivity index (χ4n) is 4.82. The first kappa shape index (κ1) is 24.6. The summed E-state index contributed by atoms with van der Waals surface area (Å²) in [6, 6.07) is 11.7. The molecule has 2 aromatic heterocycles. The molecule has 1 aliphatic heterocycles. The van der Waals surface area contributed by atoms with E-state index in [4.69, 9.17) is 17.3 Å². The summed E-state index contributed by atoms with van der Waals surface area (Å²) in [5.74, 6) is 0.556. The van der Waals surface area contributed by atoms with Gasteiger partial charge >= 0.3 is 0 Å². The molecule has 2 aliphatic rings. The van der Waals surface area contributed by atoms with E-state index in [0.717, 1.165) is 21.8 Å². The number of nitrogens with zero attached hydrogens (tertiary/aromatic N) is 6. The van der Waals surface area contributed by atoms with Crippen LogP contribution in [0, 0.1) is 16.7 Å². The van der Waals surface area contributed by atoms with Crippen LogP contribution in [0.15, 0.2) is 63.5 Å². The summed E-state index contributed by atoms with van der Waals surface area (Å²) in [6.45, 7) is 4.17. The predicted octanol–water partition coefficient (Wildman–Crippen LogP) is 5.16. The highest BCUT2D eigenvalue weighted by Gasteiger charge is 2.45. The van der Waals surface area contributed by atoms with Crippen LogP contribution in [-0.4, -0.2) is 26.0 Å². The van der Waals surface area contributed by atoms with Crippen molar-refractivity contribution in [1.82, 2.24) is 20.2 Å². The molecule has 0 radical (unpaired) electrons. The summed E-state index contributed by atoms with van der Waals surface area (Å²) >= 11 is 9.37. The molecule has 1 aliphatic carbocycles. The summed E-state index contributed by atoms with van der Waals surface area (Å²) in [6.07, 6.45) is 1.07. The normalized spacial score (nSPS) is 19.5. The molecule has 36 heavy (non-hydrogen) atoms. The number of nitriles is 1. The molecular formula is C25H24ClN7OS2. The first-order valence-corrected chi connectivity index (χ1v) is 13.6. The molecule has 1 atom stereocenters. The second kappa shape index (κ2) is 9.39. The van der Waals surface area contributed by atoms with E-state index in [1.165, 1.54) is 23.1 Å². The molecule has 0 fully saturated rings. The third kappa shape index (κ3) is 4.43. The van der Waals surface area contributed by atoms with E-state index in [1.807, 2.05) is 23.1 Å². The molecule has 0 spiro atoms. The monoisotopic (exact) mass is 537 g/mol. The molecule has 0 bridgehead atoms. The number of carbonyl (C=O) groups excluding carboxylic acids is 1. The van der Waals surface area contributed by atoms with Gasteiger partial charge in [-0.1, -0.05) is 43.3 Å². The molecule has 3 aromatic rings. The number of aryl methyl sites for hydroxylation is 1. The Bertz CT molecular complexity index is 1460. The second-order valence-electron chi connectivity index (χ2n) is 9.69. The average molecular weight is 538 g/mol. The third-order valence-electron chi connectivity index (χ3n) is 6.36. The van der Waals surface area contributed by atoms with Crippen LogP contribution in [0.4, 0.5) is 5.69 Å². The van der Waals surface area contributed by atoms with Gasteiger partial charge in [0, 0.05) is 46.1 Å². The lowest BCUT2D eigenvalue weighted by molar-refractivity contribution is -0.118. The van der Waals surface area contributed by atoms with E-state index in [0.29, 0.717) is 45.7 Å². The number of thiophene rings is 1. The lowest BCUT2D eigenvalue weighted by atomic mass is 9.69. The smallest absolute Gasteiger partial charge is 0.209 e. The molecule has 8 nitrogen and oxygen atoms in total. The number of thioether (sulfide) groups is 1. The quantitative estimate of drug-likeness (QED) is 0.444. The first-order chi connectivity index (χ1) is 17.2. The summed E-state index contributed by atoms with van der Waals surface area (Å²) in [4.78, 5) is 16.4. The predicted molar refractivity (Wildman–Crippen MR) is 141 cm³/mol. The van der Waals surface area contributed by atoms with Gasteiger partial charge in [-0.2, -0.15) is 5.26 Å². The number of hydrogen-bond donors (Lipinski definition) is 1. The summed E-state index contributed by atoms with van der Waals surface area (Å²) in [5, 5.41) is 25.1. The minimum Gasteiger partial charge on any atom is -0.384 e. The zero-order valence-corrected chi connectivity index (χ0v) is 22.4. The van der Waals surface area contributed by atoms with E-state index in [1.54, 1.807) is 17.8 Å². The van der Waals surface area contributed by atoms with E-state index < -0.39 is 5.92 Å².